The minimum absolute atomic E-state index is 0.123. The summed E-state index contributed by atoms with van der Waals surface area (Å²) < 4.78 is 13.1. The van der Waals surface area contributed by atoms with Gasteiger partial charge in [-0.15, -0.1) is 0 Å². The summed E-state index contributed by atoms with van der Waals surface area (Å²) in [7, 11) is 0. The molecule has 25 heavy (non-hydrogen) atoms. The Morgan fingerprint density at radius 2 is 2.16 bits per heavy atom. The molecule has 1 fully saturated rings. The summed E-state index contributed by atoms with van der Waals surface area (Å²) in [5, 5.41) is 7.40. The van der Waals surface area contributed by atoms with Gasteiger partial charge in [0.25, 0.3) is 5.91 Å². The highest BCUT2D eigenvalue weighted by Crippen LogP contribution is 2.23. The molecule has 0 radical (unpaired) electrons. The third-order valence-corrected chi connectivity index (χ3v) is 4.58. The number of carbonyl (C=O) groups is 1. The SMILES string of the molecule is O=C(NC1CCC(Oc2cnccn2)CC1)c1cc2n(n1)CCCO2. The topological polar surface area (TPSA) is 91.2 Å². The normalized spacial score (nSPS) is 22.6. The lowest BCUT2D eigenvalue weighted by Gasteiger charge is -2.28. The van der Waals surface area contributed by atoms with E-state index in [0.29, 0.717) is 24.1 Å². The maximum absolute atomic E-state index is 12.4. The first-order chi connectivity index (χ1) is 12.3. The molecule has 0 atom stereocenters. The maximum atomic E-state index is 12.4. The second kappa shape index (κ2) is 7.08. The van der Waals surface area contributed by atoms with Crippen LogP contribution in [0.1, 0.15) is 42.6 Å². The lowest BCUT2D eigenvalue weighted by Crippen LogP contribution is -2.40. The minimum Gasteiger partial charge on any atom is -0.478 e. The van der Waals surface area contributed by atoms with Gasteiger partial charge >= 0.3 is 0 Å². The van der Waals surface area contributed by atoms with Gasteiger partial charge in [-0.3, -0.25) is 9.78 Å². The van der Waals surface area contributed by atoms with E-state index in [4.69, 9.17) is 9.47 Å². The molecule has 0 spiro atoms. The van der Waals surface area contributed by atoms with Crippen LogP contribution in [0.4, 0.5) is 0 Å². The Morgan fingerprint density at radius 1 is 1.28 bits per heavy atom. The molecule has 2 aromatic rings. The fourth-order valence-corrected chi connectivity index (χ4v) is 3.28. The van der Waals surface area contributed by atoms with Crippen LogP contribution in [0.15, 0.2) is 24.7 Å². The van der Waals surface area contributed by atoms with Crippen molar-refractivity contribution in [2.24, 2.45) is 0 Å². The van der Waals surface area contributed by atoms with Crippen molar-refractivity contribution in [3.05, 3.63) is 30.4 Å². The van der Waals surface area contributed by atoms with Gasteiger partial charge in [0.15, 0.2) is 5.69 Å². The number of carbonyl (C=O) groups excluding carboxylic acids is 1. The van der Waals surface area contributed by atoms with E-state index in [1.54, 1.807) is 29.3 Å². The van der Waals surface area contributed by atoms with E-state index in [-0.39, 0.29) is 18.1 Å². The van der Waals surface area contributed by atoms with Crippen LogP contribution in [0.25, 0.3) is 0 Å². The number of fused-ring (bicyclic) bond motifs is 1. The first-order valence-electron chi connectivity index (χ1n) is 8.72. The van der Waals surface area contributed by atoms with Gasteiger partial charge in [0, 0.05) is 37.5 Å². The molecule has 0 aromatic carbocycles. The largest absolute Gasteiger partial charge is 0.478 e. The zero-order valence-electron chi connectivity index (χ0n) is 13.9. The molecule has 2 aromatic heterocycles. The van der Waals surface area contributed by atoms with Crippen molar-refractivity contribution >= 4 is 5.91 Å². The fraction of sp³-hybridized carbons (Fsp3) is 0.529. The number of amides is 1. The van der Waals surface area contributed by atoms with Crippen molar-refractivity contribution in [2.45, 2.75) is 50.8 Å². The highest BCUT2D eigenvalue weighted by atomic mass is 16.5. The van der Waals surface area contributed by atoms with E-state index >= 15 is 0 Å². The number of hydrogen-bond acceptors (Lipinski definition) is 6. The summed E-state index contributed by atoms with van der Waals surface area (Å²) in [5.74, 6) is 1.10. The van der Waals surface area contributed by atoms with Gasteiger partial charge in [0.05, 0.1) is 12.8 Å². The highest BCUT2D eigenvalue weighted by molar-refractivity contribution is 5.92. The summed E-state index contributed by atoms with van der Waals surface area (Å²) in [4.78, 5) is 20.5. The lowest BCUT2D eigenvalue weighted by molar-refractivity contribution is 0.0884. The highest BCUT2D eigenvalue weighted by Gasteiger charge is 2.26. The molecule has 1 aliphatic carbocycles. The number of ether oxygens (including phenoxy) is 2. The summed E-state index contributed by atoms with van der Waals surface area (Å²) in [5.41, 5.74) is 0.426. The number of hydrogen-bond donors (Lipinski definition) is 1. The standard InChI is InChI=1S/C17H21N5O3/c23-17(14-10-16-22(21-14)8-1-9-24-16)20-12-2-4-13(5-3-12)25-15-11-18-6-7-19-15/h6-7,10-13H,1-5,8-9H2,(H,20,23). The van der Waals surface area contributed by atoms with Gasteiger partial charge in [0.2, 0.25) is 11.8 Å². The Hall–Kier alpha value is -2.64. The lowest BCUT2D eigenvalue weighted by atomic mass is 9.93. The molecule has 1 saturated carbocycles. The van der Waals surface area contributed by atoms with E-state index in [2.05, 4.69) is 20.4 Å². The molecule has 8 heteroatoms. The third-order valence-electron chi connectivity index (χ3n) is 4.58. The zero-order chi connectivity index (χ0) is 17.1. The van der Waals surface area contributed by atoms with Crippen LogP contribution >= 0.6 is 0 Å². The predicted octanol–water partition coefficient (Wildman–Crippen LogP) is 1.58. The van der Waals surface area contributed by atoms with E-state index in [9.17, 15) is 4.79 Å². The summed E-state index contributed by atoms with van der Waals surface area (Å²) in [6, 6.07) is 1.87. The number of nitrogens with zero attached hydrogens (tertiary/aromatic N) is 4. The summed E-state index contributed by atoms with van der Waals surface area (Å²) in [6.45, 7) is 1.48. The predicted molar refractivity (Wildman–Crippen MR) is 88.5 cm³/mol. The number of aromatic nitrogens is 4. The van der Waals surface area contributed by atoms with Crippen molar-refractivity contribution in [3.63, 3.8) is 0 Å². The van der Waals surface area contributed by atoms with Crippen molar-refractivity contribution in [3.8, 4) is 11.8 Å². The smallest absolute Gasteiger partial charge is 0.272 e. The molecule has 0 bridgehead atoms. The molecule has 0 saturated heterocycles. The van der Waals surface area contributed by atoms with Gasteiger partial charge in [-0.05, 0) is 25.7 Å². The molecule has 132 valence electrons. The molecule has 1 N–H and O–H groups in total. The Kier molecular flexibility index (Phi) is 4.49. The van der Waals surface area contributed by atoms with Crippen LogP contribution < -0.4 is 14.8 Å². The average Bonchev–Trinajstić information content (AvgIpc) is 3.09. The van der Waals surface area contributed by atoms with Crippen molar-refractivity contribution in [1.29, 1.82) is 0 Å². The van der Waals surface area contributed by atoms with Crippen LogP contribution in [0, 0.1) is 0 Å². The number of rotatable bonds is 4. The monoisotopic (exact) mass is 343 g/mol. The van der Waals surface area contributed by atoms with Crippen molar-refractivity contribution in [2.75, 3.05) is 6.61 Å². The first kappa shape index (κ1) is 15.9. The van der Waals surface area contributed by atoms with Gasteiger partial charge in [-0.1, -0.05) is 0 Å². The molecular formula is C17H21N5O3. The molecule has 1 aliphatic heterocycles. The molecule has 2 aliphatic rings. The molecular weight excluding hydrogens is 322 g/mol. The van der Waals surface area contributed by atoms with E-state index in [1.807, 2.05) is 0 Å². The number of nitrogens with one attached hydrogen (secondary N) is 1. The maximum Gasteiger partial charge on any atom is 0.272 e. The Morgan fingerprint density at radius 3 is 2.92 bits per heavy atom. The second-order valence-corrected chi connectivity index (χ2v) is 6.40. The van der Waals surface area contributed by atoms with E-state index in [0.717, 1.165) is 38.6 Å². The second-order valence-electron chi connectivity index (χ2n) is 6.40. The average molecular weight is 343 g/mol. The fourth-order valence-electron chi connectivity index (χ4n) is 3.28. The van der Waals surface area contributed by atoms with Crippen LogP contribution in [-0.2, 0) is 6.54 Å². The third kappa shape index (κ3) is 3.72. The van der Waals surface area contributed by atoms with Gasteiger partial charge in [-0.25, -0.2) is 9.67 Å². The van der Waals surface area contributed by atoms with Gasteiger partial charge in [0.1, 0.15) is 6.10 Å². The van der Waals surface area contributed by atoms with Crippen LogP contribution in [0.2, 0.25) is 0 Å². The molecule has 4 rings (SSSR count). The Bertz CT molecular complexity index is 702. The van der Waals surface area contributed by atoms with Crippen LogP contribution in [0.3, 0.4) is 0 Å². The Balaban J connectivity index is 1.28. The Labute approximate surface area is 145 Å². The molecule has 1 amide bonds. The van der Waals surface area contributed by atoms with E-state index in [1.165, 1.54) is 0 Å². The van der Waals surface area contributed by atoms with Crippen LogP contribution in [0.5, 0.6) is 11.8 Å². The summed E-state index contributed by atoms with van der Waals surface area (Å²) in [6.07, 6.45) is 9.42. The molecule has 8 nitrogen and oxygen atoms in total. The van der Waals surface area contributed by atoms with Gasteiger partial charge < -0.3 is 14.8 Å². The van der Waals surface area contributed by atoms with Crippen molar-refractivity contribution in [1.82, 2.24) is 25.1 Å². The van der Waals surface area contributed by atoms with Gasteiger partial charge in [-0.2, -0.15) is 5.10 Å². The minimum atomic E-state index is -0.135. The first-order valence-corrected chi connectivity index (χ1v) is 8.72. The zero-order valence-corrected chi connectivity index (χ0v) is 13.9. The number of aryl methyl sites for hydroxylation is 1. The van der Waals surface area contributed by atoms with Crippen LogP contribution in [-0.4, -0.2) is 44.4 Å². The quantitative estimate of drug-likeness (QED) is 0.906. The van der Waals surface area contributed by atoms with E-state index < -0.39 is 0 Å². The van der Waals surface area contributed by atoms with Crippen molar-refractivity contribution < 1.29 is 14.3 Å². The molecule has 0 unspecified atom stereocenters. The molecule has 3 heterocycles. The summed E-state index contributed by atoms with van der Waals surface area (Å²) >= 11 is 0.